The molecule has 0 bridgehead atoms. The second-order valence-electron chi connectivity index (χ2n) is 4.81. The zero-order valence-electron chi connectivity index (χ0n) is 12.2. The fourth-order valence-electron chi connectivity index (χ4n) is 2.03. The van der Waals surface area contributed by atoms with Crippen LogP contribution in [0.2, 0.25) is 0 Å². The van der Waals surface area contributed by atoms with E-state index in [9.17, 15) is 10.1 Å². The standard InChI is InChI=1S/C14H22BrN3O2/c1-4-17(5-2)10-11(3)16-9-12-6-7-13(15)14(8-12)18(19)20/h6-8,11,16H,4-5,9-10H2,1-3H3. The summed E-state index contributed by atoms with van der Waals surface area (Å²) in [5.74, 6) is 0. The molecular weight excluding hydrogens is 322 g/mol. The Hall–Kier alpha value is -0.980. The van der Waals surface area contributed by atoms with Crippen molar-refractivity contribution in [3.63, 3.8) is 0 Å². The molecule has 0 spiro atoms. The summed E-state index contributed by atoms with van der Waals surface area (Å²) >= 11 is 3.19. The van der Waals surface area contributed by atoms with Crippen molar-refractivity contribution in [2.24, 2.45) is 0 Å². The second kappa shape index (κ2) is 8.34. The number of nitro groups is 1. The lowest BCUT2D eigenvalue weighted by molar-refractivity contribution is -0.385. The lowest BCUT2D eigenvalue weighted by Gasteiger charge is -2.23. The van der Waals surface area contributed by atoms with Crippen molar-refractivity contribution in [2.45, 2.75) is 33.4 Å². The number of halogens is 1. The molecule has 0 fully saturated rings. The smallest absolute Gasteiger partial charge is 0.283 e. The van der Waals surface area contributed by atoms with Gasteiger partial charge < -0.3 is 10.2 Å². The first-order chi connectivity index (χ1) is 9.47. The van der Waals surface area contributed by atoms with Gasteiger partial charge >= 0.3 is 0 Å². The van der Waals surface area contributed by atoms with Crippen molar-refractivity contribution < 1.29 is 4.92 Å². The highest BCUT2D eigenvalue weighted by molar-refractivity contribution is 9.10. The average molecular weight is 344 g/mol. The molecule has 0 amide bonds. The molecule has 1 N–H and O–H groups in total. The van der Waals surface area contributed by atoms with Crippen LogP contribution in [0.5, 0.6) is 0 Å². The predicted octanol–water partition coefficient (Wildman–Crippen LogP) is 3.18. The minimum Gasteiger partial charge on any atom is -0.309 e. The van der Waals surface area contributed by atoms with Crippen LogP contribution in [0.3, 0.4) is 0 Å². The van der Waals surface area contributed by atoms with E-state index in [1.165, 1.54) is 0 Å². The van der Waals surface area contributed by atoms with Crippen molar-refractivity contribution in [3.8, 4) is 0 Å². The van der Waals surface area contributed by atoms with Crippen LogP contribution >= 0.6 is 15.9 Å². The highest BCUT2D eigenvalue weighted by atomic mass is 79.9. The third kappa shape index (κ3) is 5.19. The van der Waals surface area contributed by atoms with Crippen molar-refractivity contribution in [3.05, 3.63) is 38.3 Å². The van der Waals surface area contributed by atoms with Gasteiger partial charge in [0.1, 0.15) is 0 Å². The maximum absolute atomic E-state index is 10.9. The van der Waals surface area contributed by atoms with Gasteiger partial charge in [-0.05, 0) is 47.6 Å². The molecule has 1 aromatic rings. The summed E-state index contributed by atoms with van der Waals surface area (Å²) < 4.78 is 0.516. The van der Waals surface area contributed by atoms with Crippen LogP contribution in [0.1, 0.15) is 26.3 Å². The first-order valence-corrected chi connectivity index (χ1v) is 7.65. The molecular formula is C14H22BrN3O2. The van der Waals surface area contributed by atoms with Gasteiger partial charge in [0.15, 0.2) is 0 Å². The first-order valence-electron chi connectivity index (χ1n) is 6.86. The summed E-state index contributed by atoms with van der Waals surface area (Å²) in [5, 5.41) is 14.3. The molecule has 0 heterocycles. The van der Waals surface area contributed by atoms with Crippen molar-refractivity contribution >= 4 is 21.6 Å². The zero-order valence-corrected chi connectivity index (χ0v) is 13.8. The molecule has 1 unspecified atom stereocenters. The molecule has 0 aliphatic carbocycles. The summed E-state index contributed by atoms with van der Waals surface area (Å²) in [6.07, 6.45) is 0. The molecule has 0 aliphatic rings. The highest BCUT2D eigenvalue weighted by Gasteiger charge is 2.13. The van der Waals surface area contributed by atoms with Gasteiger partial charge in [0.25, 0.3) is 5.69 Å². The van der Waals surface area contributed by atoms with Crippen molar-refractivity contribution in [2.75, 3.05) is 19.6 Å². The van der Waals surface area contributed by atoms with Crippen LogP contribution in [0, 0.1) is 10.1 Å². The van der Waals surface area contributed by atoms with Crippen LogP contribution in [0.15, 0.2) is 22.7 Å². The largest absolute Gasteiger partial charge is 0.309 e. The predicted molar refractivity (Wildman–Crippen MR) is 84.9 cm³/mol. The van der Waals surface area contributed by atoms with E-state index in [1.807, 2.05) is 6.07 Å². The molecule has 112 valence electrons. The topological polar surface area (TPSA) is 58.4 Å². The molecule has 1 atom stereocenters. The number of benzene rings is 1. The summed E-state index contributed by atoms with van der Waals surface area (Å²) in [4.78, 5) is 12.9. The number of likely N-dealkylation sites (N-methyl/N-ethyl adjacent to an activating group) is 1. The van der Waals surface area contributed by atoms with Crippen molar-refractivity contribution in [1.82, 2.24) is 10.2 Å². The van der Waals surface area contributed by atoms with E-state index in [1.54, 1.807) is 12.1 Å². The molecule has 0 aliphatic heterocycles. The Morgan fingerprint density at radius 3 is 2.60 bits per heavy atom. The molecule has 1 aromatic carbocycles. The van der Waals surface area contributed by atoms with E-state index in [4.69, 9.17) is 0 Å². The van der Waals surface area contributed by atoms with Gasteiger partial charge in [-0.1, -0.05) is 19.9 Å². The third-order valence-corrected chi connectivity index (χ3v) is 3.96. The van der Waals surface area contributed by atoms with Gasteiger partial charge in [-0.3, -0.25) is 10.1 Å². The summed E-state index contributed by atoms with van der Waals surface area (Å²) in [6.45, 7) is 10.1. The molecule has 0 aromatic heterocycles. The fraction of sp³-hybridized carbons (Fsp3) is 0.571. The highest BCUT2D eigenvalue weighted by Crippen LogP contribution is 2.25. The fourth-order valence-corrected chi connectivity index (χ4v) is 2.43. The molecule has 0 radical (unpaired) electrons. The van der Waals surface area contributed by atoms with Crippen LogP contribution in [0.4, 0.5) is 5.69 Å². The maximum atomic E-state index is 10.9. The number of hydrogen-bond acceptors (Lipinski definition) is 4. The molecule has 0 saturated heterocycles. The molecule has 5 nitrogen and oxygen atoms in total. The Morgan fingerprint density at radius 1 is 1.40 bits per heavy atom. The van der Waals surface area contributed by atoms with Crippen LogP contribution < -0.4 is 5.32 Å². The Morgan fingerprint density at radius 2 is 2.05 bits per heavy atom. The van der Waals surface area contributed by atoms with E-state index < -0.39 is 0 Å². The second-order valence-corrected chi connectivity index (χ2v) is 5.67. The molecule has 0 saturated carbocycles. The Balaban J connectivity index is 2.57. The average Bonchev–Trinajstić information content (AvgIpc) is 2.43. The number of rotatable bonds is 8. The van der Waals surface area contributed by atoms with E-state index in [-0.39, 0.29) is 10.6 Å². The van der Waals surface area contributed by atoms with E-state index >= 15 is 0 Å². The van der Waals surface area contributed by atoms with Crippen molar-refractivity contribution in [1.29, 1.82) is 0 Å². The number of nitrogens with one attached hydrogen (secondary N) is 1. The van der Waals surface area contributed by atoms with Crippen LogP contribution in [-0.4, -0.2) is 35.5 Å². The quantitative estimate of drug-likeness (QED) is 0.581. The SMILES string of the molecule is CCN(CC)CC(C)NCc1ccc(Br)c([N+](=O)[O-])c1. The van der Waals surface area contributed by atoms with Crippen LogP contribution in [0.25, 0.3) is 0 Å². The Bertz CT molecular complexity index is 450. The van der Waals surface area contributed by atoms with Gasteiger partial charge in [-0.2, -0.15) is 0 Å². The van der Waals surface area contributed by atoms with E-state index in [0.717, 1.165) is 25.2 Å². The van der Waals surface area contributed by atoms with E-state index in [0.29, 0.717) is 17.1 Å². The first kappa shape index (κ1) is 17.1. The van der Waals surface area contributed by atoms with Gasteiger partial charge in [0.2, 0.25) is 0 Å². The lowest BCUT2D eigenvalue weighted by Crippen LogP contribution is -2.38. The molecule has 1 rings (SSSR count). The van der Waals surface area contributed by atoms with Gasteiger partial charge in [0.05, 0.1) is 9.40 Å². The van der Waals surface area contributed by atoms with Gasteiger partial charge in [-0.15, -0.1) is 0 Å². The van der Waals surface area contributed by atoms with Crippen LogP contribution in [-0.2, 0) is 6.54 Å². The molecule has 20 heavy (non-hydrogen) atoms. The normalized spacial score (nSPS) is 12.7. The monoisotopic (exact) mass is 343 g/mol. The minimum absolute atomic E-state index is 0.112. The van der Waals surface area contributed by atoms with E-state index in [2.05, 4.69) is 46.9 Å². The lowest BCUT2D eigenvalue weighted by atomic mass is 10.2. The van der Waals surface area contributed by atoms with Gasteiger partial charge in [-0.25, -0.2) is 0 Å². The number of nitrogens with zero attached hydrogens (tertiary/aromatic N) is 2. The zero-order chi connectivity index (χ0) is 15.1. The summed E-state index contributed by atoms with van der Waals surface area (Å²) in [7, 11) is 0. The maximum Gasteiger partial charge on any atom is 0.283 e. The number of hydrogen-bond donors (Lipinski definition) is 1. The minimum atomic E-state index is -0.368. The summed E-state index contributed by atoms with van der Waals surface area (Å²) in [6, 6.07) is 5.58. The molecule has 6 heteroatoms. The van der Waals surface area contributed by atoms with Gasteiger partial charge in [0, 0.05) is 25.2 Å². The summed E-state index contributed by atoms with van der Waals surface area (Å²) in [5.41, 5.74) is 1.03. The Kier molecular flexibility index (Phi) is 7.12. The Labute approximate surface area is 128 Å². The number of nitro benzene ring substituents is 1. The third-order valence-electron chi connectivity index (χ3n) is 3.29.